The van der Waals surface area contributed by atoms with Crippen molar-refractivity contribution in [1.82, 2.24) is 0 Å². The number of hydrogen-bond donors (Lipinski definition) is 0. The Hall–Kier alpha value is -1.20. The summed E-state index contributed by atoms with van der Waals surface area (Å²) in [6.07, 6.45) is 1.82. The van der Waals surface area contributed by atoms with Crippen molar-refractivity contribution in [2.24, 2.45) is 4.99 Å². The molecule has 1 unspecified atom stereocenters. The monoisotopic (exact) mass is 307 g/mol. The highest BCUT2D eigenvalue weighted by atomic mass is 32.2. The van der Waals surface area contributed by atoms with Gasteiger partial charge in [0.2, 0.25) is 0 Å². The second kappa shape index (κ2) is 7.55. The first-order chi connectivity index (χ1) is 9.76. The number of fused-ring (bicyclic) bond motifs is 1. The van der Waals surface area contributed by atoms with Gasteiger partial charge in [-0.25, -0.2) is 4.99 Å². The fourth-order valence-corrected chi connectivity index (χ4v) is 3.90. The Morgan fingerprint density at radius 3 is 3.15 bits per heavy atom. The van der Waals surface area contributed by atoms with Crippen LogP contribution in [0.2, 0.25) is 0 Å². The van der Waals surface area contributed by atoms with Gasteiger partial charge in [-0.1, -0.05) is 24.3 Å². The second-order valence-corrected chi connectivity index (χ2v) is 6.26. The summed E-state index contributed by atoms with van der Waals surface area (Å²) < 4.78 is 5.17. The number of para-hydroxylation sites is 1. The summed E-state index contributed by atoms with van der Waals surface area (Å²) in [4.78, 5) is 16.8. The molecule has 0 spiro atoms. The van der Waals surface area contributed by atoms with Gasteiger partial charge in [0.15, 0.2) is 5.25 Å². The predicted molar refractivity (Wildman–Crippen MR) is 87.9 cm³/mol. The van der Waals surface area contributed by atoms with E-state index in [1.165, 1.54) is 0 Å². The van der Waals surface area contributed by atoms with E-state index in [-0.39, 0.29) is 11.2 Å². The van der Waals surface area contributed by atoms with Crippen LogP contribution in [-0.2, 0) is 15.3 Å². The van der Waals surface area contributed by atoms with Gasteiger partial charge in [0.1, 0.15) is 0 Å². The molecule has 0 aliphatic carbocycles. The van der Waals surface area contributed by atoms with Crippen molar-refractivity contribution in [3.05, 3.63) is 42.5 Å². The zero-order valence-corrected chi connectivity index (χ0v) is 13.0. The molecule has 0 saturated carbocycles. The zero-order valence-electron chi connectivity index (χ0n) is 11.4. The molecule has 0 amide bonds. The van der Waals surface area contributed by atoms with Crippen molar-refractivity contribution >= 4 is 40.2 Å². The van der Waals surface area contributed by atoms with Crippen molar-refractivity contribution in [2.45, 2.75) is 17.9 Å². The Morgan fingerprint density at radius 1 is 1.60 bits per heavy atom. The van der Waals surface area contributed by atoms with Crippen LogP contribution in [0.3, 0.4) is 0 Å². The van der Waals surface area contributed by atoms with E-state index in [2.05, 4.69) is 17.6 Å². The maximum absolute atomic E-state index is 12.1. The summed E-state index contributed by atoms with van der Waals surface area (Å²) in [7, 11) is 0. The molecule has 5 heteroatoms. The molecule has 20 heavy (non-hydrogen) atoms. The van der Waals surface area contributed by atoms with Gasteiger partial charge >= 0.3 is 5.97 Å². The summed E-state index contributed by atoms with van der Waals surface area (Å²) in [5.74, 6) is 1.29. The fourth-order valence-electron chi connectivity index (χ4n) is 1.80. The van der Waals surface area contributed by atoms with Gasteiger partial charge in [-0.2, -0.15) is 0 Å². The average Bonchev–Trinajstić information content (AvgIpc) is 2.64. The van der Waals surface area contributed by atoms with Crippen LogP contribution in [0.1, 0.15) is 12.5 Å². The van der Waals surface area contributed by atoms with Crippen LogP contribution < -0.4 is 0 Å². The maximum Gasteiger partial charge on any atom is 0.325 e. The summed E-state index contributed by atoms with van der Waals surface area (Å²) >= 11 is 3.12. The largest absolute Gasteiger partial charge is 0.465 e. The third-order valence-electron chi connectivity index (χ3n) is 2.70. The van der Waals surface area contributed by atoms with E-state index < -0.39 is 0 Å². The minimum absolute atomic E-state index is 0.208. The smallest absolute Gasteiger partial charge is 0.325 e. The zero-order chi connectivity index (χ0) is 14.4. The molecule has 2 rings (SSSR count). The number of thioether (sulfide) groups is 2. The standard InChI is InChI=1S/C15H17NO2S2/c1-3-9-19-14-13(15(17)18-4-2)20-10-11-7-5-6-8-12(11)16-14/h3,5-8,13H,1,4,9-10H2,2H3. The highest BCUT2D eigenvalue weighted by Gasteiger charge is 2.29. The number of carbonyl (C=O) groups excluding carboxylic acids is 1. The van der Waals surface area contributed by atoms with Gasteiger partial charge in [-0.15, -0.1) is 30.1 Å². The van der Waals surface area contributed by atoms with Crippen LogP contribution in [0.25, 0.3) is 0 Å². The lowest BCUT2D eigenvalue weighted by atomic mass is 10.2. The van der Waals surface area contributed by atoms with Gasteiger partial charge < -0.3 is 4.74 Å². The Morgan fingerprint density at radius 2 is 2.40 bits per heavy atom. The minimum Gasteiger partial charge on any atom is -0.465 e. The fraction of sp³-hybridized carbons (Fsp3) is 0.333. The molecule has 0 fully saturated rings. The van der Waals surface area contributed by atoms with Crippen LogP contribution in [0.15, 0.2) is 41.9 Å². The normalized spacial score (nSPS) is 17.6. The maximum atomic E-state index is 12.1. The molecule has 106 valence electrons. The minimum atomic E-state index is -0.340. The molecular weight excluding hydrogens is 290 g/mol. The molecular formula is C15H17NO2S2. The first-order valence-electron chi connectivity index (χ1n) is 6.44. The molecule has 0 saturated heterocycles. The van der Waals surface area contributed by atoms with Crippen LogP contribution in [0.4, 0.5) is 5.69 Å². The van der Waals surface area contributed by atoms with E-state index in [9.17, 15) is 4.79 Å². The van der Waals surface area contributed by atoms with Gasteiger partial charge in [-0.3, -0.25) is 4.79 Å². The van der Waals surface area contributed by atoms with Crippen LogP contribution in [-0.4, -0.2) is 28.6 Å². The van der Waals surface area contributed by atoms with E-state index in [1.807, 2.05) is 31.2 Å². The van der Waals surface area contributed by atoms with Crippen molar-refractivity contribution in [3.8, 4) is 0 Å². The number of benzene rings is 1. The molecule has 1 atom stereocenters. The van der Waals surface area contributed by atoms with E-state index in [0.29, 0.717) is 6.61 Å². The third kappa shape index (κ3) is 3.67. The van der Waals surface area contributed by atoms with Gasteiger partial charge in [0.05, 0.1) is 17.3 Å². The second-order valence-electron chi connectivity index (χ2n) is 4.12. The molecule has 0 bridgehead atoms. The highest BCUT2D eigenvalue weighted by molar-refractivity contribution is 8.16. The van der Waals surface area contributed by atoms with Gasteiger partial charge in [0.25, 0.3) is 0 Å². The lowest BCUT2D eigenvalue weighted by Crippen LogP contribution is -2.27. The van der Waals surface area contributed by atoms with Crippen molar-refractivity contribution in [2.75, 3.05) is 12.4 Å². The number of carbonyl (C=O) groups is 1. The summed E-state index contributed by atoms with van der Waals surface area (Å²) in [5, 5.41) is 0.464. The van der Waals surface area contributed by atoms with Crippen LogP contribution in [0, 0.1) is 0 Å². The lowest BCUT2D eigenvalue weighted by Gasteiger charge is -2.14. The van der Waals surface area contributed by atoms with Crippen molar-refractivity contribution in [3.63, 3.8) is 0 Å². The number of aliphatic imine (C=N–C) groups is 1. The quantitative estimate of drug-likeness (QED) is 0.626. The van der Waals surface area contributed by atoms with Crippen LogP contribution >= 0.6 is 23.5 Å². The Kier molecular flexibility index (Phi) is 5.73. The van der Waals surface area contributed by atoms with Crippen molar-refractivity contribution < 1.29 is 9.53 Å². The molecule has 1 aromatic rings. The third-order valence-corrected chi connectivity index (χ3v) is 5.10. The summed E-state index contributed by atoms with van der Waals surface area (Å²) in [6, 6.07) is 8.00. The van der Waals surface area contributed by atoms with Crippen LogP contribution in [0.5, 0.6) is 0 Å². The van der Waals surface area contributed by atoms with Crippen molar-refractivity contribution in [1.29, 1.82) is 0 Å². The molecule has 3 nitrogen and oxygen atoms in total. The van der Waals surface area contributed by atoms with E-state index in [1.54, 1.807) is 23.5 Å². The topological polar surface area (TPSA) is 38.7 Å². The van der Waals surface area contributed by atoms with Gasteiger partial charge in [-0.05, 0) is 18.6 Å². The molecule has 0 N–H and O–H groups in total. The number of esters is 1. The lowest BCUT2D eigenvalue weighted by molar-refractivity contribution is -0.141. The average molecular weight is 307 g/mol. The first kappa shape index (κ1) is 15.2. The summed E-state index contributed by atoms with van der Waals surface area (Å²) in [6.45, 7) is 5.93. The Bertz CT molecular complexity index is 528. The molecule has 0 aromatic heterocycles. The number of rotatable bonds is 4. The van der Waals surface area contributed by atoms with E-state index in [0.717, 1.165) is 27.8 Å². The molecule has 0 radical (unpaired) electrons. The first-order valence-corrected chi connectivity index (χ1v) is 8.48. The number of ether oxygens (including phenoxy) is 1. The number of hydrogen-bond acceptors (Lipinski definition) is 5. The SMILES string of the molecule is C=CCSC1=Nc2ccccc2CSC1C(=O)OCC. The molecule has 1 aromatic carbocycles. The van der Waals surface area contributed by atoms with E-state index >= 15 is 0 Å². The predicted octanol–water partition coefficient (Wildman–Crippen LogP) is 3.81. The van der Waals surface area contributed by atoms with E-state index in [4.69, 9.17) is 4.74 Å². The molecule has 1 aliphatic heterocycles. The Balaban J connectivity index is 2.30. The Labute approximate surface area is 127 Å². The number of nitrogens with zero attached hydrogens (tertiary/aromatic N) is 1. The van der Waals surface area contributed by atoms with Gasteiger partial charge in [0, 0.05) is 11.5 Å². The highest BCUT2D eigenvalue weighted by Crippen LogP contribution is 2.34. The summed E-state index contributed by atoms with van der Waals surface area (Å²) in [5.41, 5.74) is 2.10. The molecule has 1 aliphatic rings. The molecule has 1 heterocycles.